The highest BCUT2D eigenvalue weighted by atomic mass is 15.2. The summed E-state index contributed by atoms with van der Waals surface area (Å²) in [6, 6.07) is 31.7. The van der Waals surface area contributed by atoms with Crippen LogP contribution >= 0.6 is 0 Å². The van der Waals surface area contributed by atoms with Gasteiger partial charge in [0.25, 0.3) is 0 Å². The van der Waals surface area contributed by atoms with E-state index in [-0.39, 0.29) is 0 Å². The minimum absolute atomic E-state index is 0.955. The highest BCUT2D eigenvalue weighted by Crippen LogP contribution is 2.35. The summed E-state index contributed by atoms with van der Waals surface area (Å²) in [5, 5.41) is 0. The summed E-state index contributed by atoms with van der Waals surface area (Å²) >= 11 is 0. The van der Waals surface area contributed by atoms with Gasteiger partial charge in [-0.3, -0.25) is 4.40 Å². The summed E-state index contributed by atoms with van der Waals surface area (Å²) < 4.78 is 4.65. The molecule has 0 spiro atoms. The van der Waals surface area contributed by atoms with E-state index >= 15 is 0 Å². The molecule has 0 saturated heterocycles. The molecule has 0 bridgehead atoms. The van der Waals surface area contributed by atoms with Crippen LogP contribution in [0.2, 0.25) is 0 Å². The van der Waals surface area contributed by atoms with Gasteiger partial charge in [0.1, 0.15) is 0 Å². The molecule has 5 rings (SSSR count). The molecule has 30 heavy (non-hydrogen) atoms. The molecule has 2 heterocycles. The summed E-state index contributed by atoms with van der Waals surface area (Å²) in [4.78, 5) is 5.18. The Morgan fingerprint density at radius 2 is 1.27 bits per heavy atom. The van der Waals surface area contributed by atoms with E-state index in [0.717, 1.165) is 42.1 Å². The van der Waals surface area contributed by atoms with Crippen molar-refractivity contribution in [2.24, 2.45) is 0 Å². The van der Waals surface area contributed by atoms with Gasteiger partial charge in [-0.25, -0.2) is 4.98 Å². The predicted molar refractivity (Wildman–Crippen MR) is 124 cm³/mol. The molecule has 148 valence electrons. The highest BCUT2D eigenvalue weighted by Gasteiger charge is 2.21. The van der Waals surface area contributed by atoms with Gasteiger partial charge in [0.2, 0.25) is 5.78 Å². The summed E-state index contributed by atoms with van der Waals surface area (Å²) in [7, 11) is 0. The number of benzene rings is 3. The molecule has 3 nitrogen and oxygen atoms in total. The molecule has 0 unspecified atom stereocenters. The third kappa shape index (κ3) is 3.22. The van der Waals surface area contributed by atoms with Gasteiger partial charge in [-0.2, -0.15) is 0 Å². The van der Waals surface area contributed by atoms with Gasteiger partial charge in [-0.15, -0.1) is 0 Å². The molecule has 3 heteroatoms. The van der Waals surface area contributed by atoms with E-state index in [2.05, 4.69) is 113 Å². The summed E-state index contributed by atoms with van der Waals surface area (Å²) in [5.74, 6) is 1.00. The fourth-order valence-corrected chi connectivity index (χ4v) is 4.08. The smallest absolute Gasteiger partial charge is 0.215 e. The molecule has 0 amide bonds. The predicted octanol–water partition coefficient (Wildman–Crippen LogP) is 6.94. The SMILES string of the molecule is CCCCn1c(-c2ccccc2)cn2c(-c3ccccc3)c(-c3ccccc3)nc12. The topological polar surface area (TPSA) is 22.2 Å². The number of aromatic nitrogens is 3. The zero-order valence-electron chi connectivity index (χ0n) is 17.2. The first-order valence-electron chi connectivity index (χ1n) is 10.6. The van der Waals surface area contributed by atoms with E-state index in [4.69, 9.17) is 4.98 Å². The zero-order chi connectivity index (χ0) is 20.3. The molecule has 0 atom stereocenters. The molecule has 2 aromatic heterocycles. The van der Waals surface area contributed by atoms with Crippen LogP contribution in [0.15, 0.2) is 97.2 Å². The standard InChI is InChI=1S/C27H25N3/c1-2-3-19-29-24(21-13-7-4-8-14-21)20-30-26(23-17-11-6-12-18-23)25(28-27(29)30)22-15-9-5-10-16-22/h4-18,20H,2-3,19H2,1H3. The number of fused-ring (bicyclic) bond motifs is 1. The highest BCUT2D eigenvalue weighted by molar-refractivity contribution is 5.82. The number of unbranched alkanes of at least 4 members (excludes halogenated alkanes) is 1. The fourth-order valence-electron chi connectivity index (χ4n) is 4.08. The molecule has 0 radical (unpaired) electrons. The van der Waals surface area contributed by atoms with Crippen molar-refractivity contribution in [2.75, 3.05) is 0 Å². The maximum absolute atomic E-state index is 5.18. The molecular weight excluding hydrogens is 366 g/mol. The van der Waals surface area contributed by atoms with Crippen LogP contribution in [0.1, 0.15) is 19.8 Å². The monoisotopic (exact) mass is 391 g/mol. The van der Waals surface area contributed by atoms with E-state index in [1.54, 1.807) is 0 Å². The van der Waals surface area contributed by atoms with Crippen LogP contribution in [0.25, 0.3) is 39.5 Å². The number of imidazole rings is 2. The lowest BCUT2D eigenvalue weighted by molar-refractivity contribution is 0.648. The summed E-state index contributed by atoms with van der Waals surface area (Å²) in [5.41, 5.74) is 6.92. The lowest BCUT2D eigenvalue weighted by Gasteiger charge is -2.08. The first kappa shape index (κ1) is 18.4. The van der Waals surface area contributed by atoms with E-state index in [1.807, 2.05) is 0 Å². The Morgan fingerprint density at radius 3 is 1.87 bits per heavy atom. The van der Waals surface area contributed by atoms with E-state index in [0.29, 0.717) is 0 Å². The van der Waals surface area contributed by atoms with Gasteiger partial charge in [0.05, 0.1) is 17.1 Å². The van der Waals surface area contributed by atoms with Crippen LogP contribution in [-0.4, -0.2) is 14.0 Å². The maximum atomic E-state index is 5.18. The van der Waals surface area contributed by atoms with Gasteiger partial charge in [-0.05, 0) is 12.0 Å². The molecule has 0 aliphatic carbocycles. The Morgan fingerprint density at radius 1 is 0.700 bits per heavy atom. The zero-order valence-corrected chi connectivity index (χ0v) is 17.2. The second-order valence-electron chi connectivity index (χ2n) is 7.60. The van der Waals surface area contributed by atoms with Crippen molar-refractivity contribution in [3.8, 4) is 33.8 Å². The van der Waals surface area contributed by atoms with Crippen molar-refractivity contribution in [3.05, 3.63) is 97.2 Å². The Bertz CT molecular complexity index is 1250. The number of hydrogen-bond acceptors (Lipinski definition) is 1. The van der Waals surface area contributed by atoms with E-state index in [9.17, 15) is 0 Å². The van der Waals surface area contributed by atoms with E-state index < -0.39 is 0 Å². The first-order chi connectivity index (χ1) is 14.9. The maximum Gasteiger partial charge on any atom is 0.215 e. The molecule has 5 aromatic rings. The summed E-state index contributed by atoms with van der Waals surface area (Å²) in [6.45, 7) is 3.19. The van der Waals surface area contributed by atoms with Crippen molar-refractivity contribution < 1.29 is 0 Å². The van der Waals surface area contributed by atoms with Crippen LogP contribution in [-0.2, 0) is 6.54 Å². The van der Waals surface area contributed by atoms with Gasteiger partial charge in [-0.1, -0.05) is 104 Å². The molecule has 0 aliphatic heterocycles. The lowest BCUT2D eigenvalue weighted by Crippen LogP contribution is -2.01. The van der Waals surface area contributed by atoms with Crippen molar-refractivity contribution in [3.63, 3.8) is 0 Å². The minimum Gasteiger partial charge on any atom is -0.310 e. The Labute approximate surface area is 177 Å². The van der Waals surface area contributed by atoms with Crippen molar-refractivity contribution in [1.82, 2.24) is 14.0 Å². The van der Waals surface area contributed by atoms with Gasteiger partial charge >= 0.3 is 0 Å². The van der Waals surface area contributed by atoms with Crippen LogP contribution in [0.3, 0.4) is 0 Å². The normalized spacial score (nSPS) is 11.2. The average Bonchev–Trinajstić information content (AvgIpc) is 3.36. The summed E-state index contributed by atoms with van der Waals surface area (Å²) in [6.07, 6.45) is 4.52. The first-order valence-corrected chi connectivity index (χ1v) is 10.6. The molecule has 0 fully saturated rings. The van der Waals surface area contributed by atoms with Crippen molar-refractivity contribution in [2.45, 2.75) is 26.3 Å². The molecular formula is C27H25N3. The largest absolute Gasteiger partial charge is 0.310 e. The third-order valence-electron chi connectivity index (χ3n) is 5.58. The van der Waals surface area contributed by atoms with Crippen LogP contribution in [0, 0.1) is 0 Å². The average molecular weight is 392 g/mol. The Kier molecular flexibility index (Phi) is 4.94. The minimum atomic E-state index is 0.955. The number of nitrogens with zero attached hydrogens (tertiary/aromatic N) is 3. The molecule has 3 aromatic carbocycles. The van der Waals surface area contributed by atoms with Crippen molar-refractivity contribution in [1.29, 1.82) is 0 Å². The van der Waals surface area contributed by atoms with Gasteiger partial charge in [0.15, 0.2) is 0 Å². The molecule has 0 aliphatic rings. The lowest BCUT2D eigenvalue weighted by atomic mass is 10.0. The third-order valence-corrected chi connectivity index (χ3v) is 5.58. The second kappa shape index (κ2) is 8.03. The van der Waals surface area contributed by atoms with Gasteiger partial charge in [0, 0.05) is 23.9 Å². The Balaban J connectivity index is 1.81. The molecule has 0 saturated carbocycles. The van der Waals surface area contributed by atoms with E-state index in [1.165, 1.54) is 16.8 Å². The quantitative estimate of drug-likeness (QED) is 0.307. The fraction of sp³-hybridized carbons (Fsp3) is 0.148. The van der Waals surface area contributed by atoms with Crippen molar-refractivity contribution >= 4 is 5.78 Å². The molecule has 0 N–H and O–H groups in total. The van der Waals surface area contributed by atoms with Crippen LogP contribution in [0.5, 0.6) is 0 Å². The number of hydrogen-bond donors (Lipinski definition) is 0. The second-order valence-corrected chi connectivity index (χ2v) is 7.60. The van der Waals surface area contributed by atoms with Crippen LogP contribution in [0.4, 0.5) is 0 Å². The number of aryl methyl sites for hydroxylation is 1. The Hall–Kier alpha value is -3.59. The number of rotatable bonds is 6. The van der Waals surface area contributed by atoms with Gasteiger partial charge < -0.3 is 4.57 Å². The van der Waals surface area contributed by atoms with Crippen LogP contribution < -0.4 is 0 Å².